The van der Waals surface area contributed by atoms with Crippen molar-refractivity contribution in [2.45, 2.75) is 45.2 Å². The zero-order valence-electron chi connectivity index (χ0n) is 13.2. The SMILES string of the molecule is CC(NCc1ccccc1N1CCCC1)C1CCOCC1. The highest BCUT2D eigenvalue weighted by Crippen LogP contribution is 2.25. The molecule has 1 atom stereocenters. The Balaban J connectivity index is 1.59. The first-order valence-corrected chi connectivity index (χ1v) is 8.48. The van der Waals surface area contributed by atoms with Crippen LogP contribution in [0, 0.1) is 5.92 Å². The molecule has 0 saturated carbocycles. The summed E-state index contributed by atoms with van der Waals surface area (Å²) in [7, 11) is 0. The number of nitrogens with zero attached hydrogens (tertiary/aromatic N) is 1. The van der Waals surface area contributed by atoms with Gasteiger partial charge in [0.05, 0.1) is 0 Å². The Kier molecular flexibility index (Phi) is 5.15. The van der Waals surface area contributed by atoms with Crippen molar-refractivity contribution in [3.05, 3.63) is 29.8 Å². The summed E-state index contributed by atoms with van der Waals surface area (Å²) in [5.41, 5.74) is 2.87. The molecule has 0 radical (unpaired) electrons. The van der Waals surface area contributed by atoms with E-state index in [1.807, 2.05) is 0 Å². The van der Waals surface area contributed by atoms with Gasteiger partial charge in [-0.2, -0.15) is 0 Å². The topological polar surface area (TPSA) is 24.5 Å². The number of rotatable bonds is 5. The van der Waals surface area contributed by atoms with E-state index < -0.39 is 0 Å². The lowest BCUT2D eigenvalue weighted by molar-refractivity contribution is 0.0558. The fraction of sp³-hybridized carbons (Fsp3) is 0.667. The van der Waals surface area contributed by atoms with Crippen LogP contribution in [0.25, 0.3) is 0 Å². The van der Waals surface area contributed by atoms with Crippen molar-refractivity contribution in [3.8, 4) is 0 Å². The smallest absolute Gasteiger partial charge is 0.0469 e. The monoisotopic (exact) mass is 288 g/mol. The van der Waals surface area contributed by atoms with Crippen LogP contribution in [0.3, 0.4) is 0 Å². The number of para-hydroxylation sites is 1. The Hall–Kier alpha value is -1.06. The highest BCUT2D eigenvalue weighted by molar-refractivity contribution is 5.54. The van der Waals surface area contributed by atoms with Crippen molar-refractivity contribution < 1.29 is 4.74 Å². The summed E-state index contributed by atoms with van der Waals surface area (Å²) in [4.78, 5) is 2.54. The van der Waals surface area contributed by atoms with E-state index in [9.17, 15) is 0 Å². The van der Waals surface area contributed by atoms with Gasteiger partial charge in [0.1, 0.15) is 0 Å². The van der Waals surface area contributed by atoms with Crippen LogP contribution in [0.15, 0.2) is 24.3 Å². The third-order valence-corrected chi connectivity index (χ3v) is 5.03. The number of hydrogen-bond acceptors (Lipinski definition) is 3. The first-order chi connectivity index (χ1) is 10.3. The Morgan fingerprint density at radius 2 is 1.90 bits per heavy atom. The predicted molar refractivity (Wildman–Crippen MR) is 87.7 cm³/mol. The van der Waals surface area contributed by atoms with Gasteiger partial charge >= 0.3 is 0 Å². The second kappa shape index (κ2) is 7.28. The lowest BCUT2D eigenvalue weighted by atomic mass is 9.93. The van der Waals surface area contributed by atoms with E-state index in [4.69, 9.17) is 4.74 Å². The summed E-state index contributed by atoms with van der Waals surface area (Å²) in [6.45, 7) is 7.60. The quantitative estimate of drug-likeness (QED) is 0.900. The van der Waals surface area contributed by atoms with E-state index >= 15 is 0 Å². The summed E-state index contributed by atoms with van der Waals surface area (Å²) >= 11 is 0. The molecule has 0 aliphatic carbocycles. The van der Waals surface area contributed by atoms with Gasteiger partial charge in [-0.15, -0.1) is 0 Å². The molecular formula is C18H28N2O. The van der Waals surface area contributed by atoms with Gasteiger partial charge < -0.3 is 15.0 Å². The first-order valence-electron chi connectivity index (χ1n) is 8.48. The largest absolute Gasteiger partial charge is 0.381 e. The van der Waals surface area contributed by atoms with Gasteiger partial charge in [-0.3, -0.25) is 0 Å². The third-order valence-electron chi connectivity index (χ3n) is 5.03. The maximum atomic E-state index is 5.46. The predicted octanol–water partition coefficient (Wildman–Crippen LogP) is 3.19. The number of benzene rings is 1. The minimum Gasteiger partial charge on any atom is -0.381 e. The van der Waals surface area contributed by atoms with E-state index in [1.165, 1.54) is 50.0 Å². The molecule has 1 aromatic carbocycles. The minimum atomic E-state index is 0.570. The maximum absolute atomic E-state index is 5.46. The van der Waals surface area contributed by atoms with Crippen LogP contribution in [0.2, 0.25) is 0 Å². The normalized spacial score (nSPS) is 21.7. The van der Waals surface area contributed by atoms with Crippen LogP contribution in [0.1, 0.15) is 38.2 Å². The van der Waals surface area contributed by atoms with E-state index in [1.54, 1.807) is 0 Å². The van der Waals surface area contributed by atoms with Crippen LogP contribution in [-0.2, 0) is 11.3 Å². The molecule has 0 amide bonds. The average Bonchev–Trinajstić information content (AvgIpc) is 3.08. The lowest BCUT2D eigenvalue weighted by Gasteiger charge is -2.29. The highest BCUT2D eigenvalue weighted by atomic mass is 16.5. The zero-order chi connectivity index (χ0) is 14.5. The molecule has 116 valence electrons. The average molecular weight is 288 g/mol. The number of nitrogens with one attached hydrogen (secondary N) is 1. The van der Waals surface area contributed by atoms with Crippen molar-refractivity contribution in [1.82, 2.24) is 5.32 Å². The molecule has 0 bridgehead atoms. The summed E-state index contributed by atoms with van der Waals surface area (Å²) in [5.74, 6) is 0.762. The van der Waals surface area contributed by atoms with Gasteiger partial charge in [-0.1, -0.05) is 18.2 Å². The lowest BCUT2D eigenvalue weighted by Crippen LogP contribution is -2.36. The van der Waals surface area contributed by atoms with Gasteiger partial charge in [-0.05, 0) is 50.2 Å². The summed E-state index contributed by atoms with van der Waals surface area (Å²) in [6, 6.07) is 9.45. The van der Waals surface area contributed by atoms with Crippen LogP contribution >= 0.6 is 0 Å². The van der Waals surface area contributed by atoms with Gasteiger partial charge in [0, 0.05) is 44.6 Å². The second-order valence-electron chi connectivity index (χ2n) is 6.44. The Morgan fingerprint density at radius 1 is 1.19 bits per heavy atom. The molecule has 1 aromatic rings. The molecule has 3 heteroatoms. The van der Waals surface area contributed by atoms with Crippen molar-refractivity contribution >= 4 is 5.69 Å². The summed E-state index contributed by atoms with van der Waals surface area (Å²) in [6.07, 6.45) is 5.06. The van der Waals surface area contributed by atoms with Crippen LogP contribution in [0.4, 0.5) is 5.69 Å². The van der Waals surface area contributed by atoms with E-state index in [2.05, 4.69) is 41.4 Å². The highest BCUT2D eigenvalue weighted by Gasteiger charge is 2.21. The molecule has 1 N–H and O–H groups in total. The standard InChI is InChI=1S/C18H28N2O/c1-15(16-8-12-21-13-9-16)19-14-17-6-2-3-7-18(17)20-10-4-5-11-20/h2-3,6-7,15-16,19H,4-5,8-14H2,1H3. The molecule has 2 aliphatic rings. The molecule has 0 spiro atoms. The van der Waals surface area contributed by atoms with Gasteiger partial charge in [0.2, 0.25) is 0 Å². The molecule has 3 nitrogen and oxygen atoms in total. The van der Waals surface area contributed by atoms with E-state index in [0.717, 1.165) is 25.7 Å². The Morgan fingerprint density at radius 3 is 2.67 bits per heavy atom. The van der Waals surface area contributed by atoms with Gasteiger partial charge in [0.25, 0.3) is 0 Å². The fourth-order valence-corrected chi connectivity index (χ4v) is 3.58. The second-order valence-corrected chi connectivity index (χ2v) is 6.44. The number of ether oxygens (including phenoxy) is 1. The molecule has 0 aromatic heterocycles. The maximum Gasteiger partial charge on any atom is 0.0469 e. The molecule has 1 unspecified atom stereocenters. The third kappa shape index (κ3) is 3.78. The van der Waals surface area contributed by atoms with Crippen molar-refractivity contribution in [2.24, 2.45) is 5.92 Å². The Labute approximate surface area is 128 Å². The van der Waals surface area contributed by atoms with E-state index in [0.29, 0.717) is 6.04 Å². The first kappa shape index (κ1) is 14.9. The number of anilines is 1. The minimum absolute atomic E-state index is 0.570. The van der Waals surface area contributed by atoms with E-state index in [-0.39, 0.29) is 0 Å². The molecule has 2 fully saturated rings. The number of hydrogen-bond donors (Lipinski definition) is 1. The molecule has 3 rings (SSSR count). The summed E-state index contributed by atoms with van der Waals surface area (Å²) < 4.78 is 5.46. The molecule has 21 heavy (non-hydrogen) atoms. The fourth-order valence-electron chi connectivity index (χ4n) is 3.58. The Bertz CT molecular complexity index is 437. The van der Waals surface area contributed by atoms with Crippen LogP contribution in [-0.4, -0.2) is 32.3 Å². The van der Waals surface area contributed by atoms with Crippen LogP contribution < -0.4 is 10.2 Å². The molecule has 2 aliphatic heterocycles. The van der Waals surface area contributed by atoms with Gasteiger partial charge in [-0.25, -0.2) is 0 Å². The van der Waals surface area contributed by atoms with Crippen molar-refractivity contribution in [3.63, 3.8) is 0 Å². The van der Waals surface area contributed by atoms with Crippen molar-refractivity contribution in [1.29, 1.82) is 0 Å². The van der Waals surface area contributed by atoms with Crippen LogP contribution in [0.5, 0.6) is 0 Å². The zero-order valence-corrected chi connectivity index (χ0v) is 13.2. The molecular weight excluding hydrogens is 260 g/mol. The van der Waals surface area contributed by atoms with Crippen molar-refractivity contribution in [2.75, 3.05) is 31.2 Å². The summed E-state index contributed by atoms with van der Waals surface area (Å²) in [5, 5.41) is 3.75. The molecule has 2 saturated heterocycles. The molecule has 2 heterocycles. The van der Waals surface area contributed by atoms with Gasteiger partial charge in [0.15, 0.2) is 0 Å².